The summed E-state index contributed by atoms with van der Waals surface area (Å²) < 4.78 is 14.9. The molecular formula is C16H19FN4O2. The molecule has 1 amide bonds. The molecule has 1 aliphatic rings. The van der Waals surface area contributed by atoms with E-state index in [9.17, 15) is 9.18 Å². The van der Waals surface area contributed by atoms with Crippen molar-refractivity contribution in [2.24, 2.45) is 0 Å². The molecule has 0 aromatic carbocycles. The van der Waals surface area contributed by atoms with Crippen molar-refractivity contribution in [3.63, 3.8) is 0 Å². The van der Waals surface area contributed by atoms with Gasteiger partial charge in [-0.05, 0) is 25.0 Å². The maximum atomic E-state index is 13.2. The number of rotatable bonds is 4. The Balaban J connectivity index is 1.71. The third kappa shape index (κ3) is 3.56. The van der Waals surface area contributed by atoms with E-state index in [-0.39, 0.29) is 24.0 Å². The maximum absolute atomic E-state index is 13.2. The zero-order chi connectivity index (χ0) is 16.2. The van der Waals surface area contributed by atoms with Gasteiger partial charge in [0.2, 0.25) is 0 Å². The summed E-state index contributed by atoms with van der Waals surface area (Å²) in [6.07, 6.45) is 6.16. The van der Waals surface area contributed by atoms with Crippen molar-refractivity contribution in [1.82, 2.24) is 19.7 Å². The number of nitrogens with zero attached hydrogens (tertiary/aromatic N) is 4. The molecule has 0 bridgehead atoms. The Labute approximate surface area is 133 Å². The zero-order valence-corrected chi connectivity index (χ0v) is 12.7. The van der Waals surface area contributed by atoms with E-state index in [2.05, 4.69) is 10.1 Å². The van der Waals surface area contributed by atoms with Crippen LogP contribution in [0.4, 0.5) is 4.39 Å². The summed E-state index contributed by atoms with van der Waals surface area (Å²) >= 11 is 0. The predicted molar refractivity (Wildman–Crippen MR) is 81.4 cm³/mol. The van der Waals surface area contributed by atoms with Crippen LogP contribution in [0.5, 0.6) is 0 Å². The lowest BCUT2D eigenvalue weighted by molar-refractivity contribution is 0.0704. The van der Waals surface area contributed by atoms with Crippen LogP contribution in [-0.2, 0) is 6.54 Å². The highest BCUT2D eigenvalue weighted by Crippen LogP contribution is 2.26. The predicted octanol–water partition coefficient (Wildman–Crippen LogP) is 1.43. The van der Waals surface area contributed by atoms with Crippen LogP contribution in [0.15, 0.2) is 30.7 Å². The Morgan fingerprint density at radius 1 is 1.43 bits per heavy atom. The van der Waals surface area contributed by atoms with Gasteiger partial charge in [0.15, 0.2) is 0 Å². The van der Waals surface area contributed by atoms with E-state index in [1.165, 1.54) is 12.3 Å². The Morgan fingerprint density at radius 2 is 2.30 bits per heavy atom. The molecule has 3 heterocycles. The van der Waals surface area contributed by atoms with E-state index >= 15 is 0 Å². The Morgan fingerprint density at radius 3 is 3.09 bits per heavy atom. The normalized spacial score (nSPS) is 18.2. The first-order chi connectivity index (χ1) is 11.2. The van der Waals surface area contributed by atoms with Gasteiger partial charge in [-0.3, -0.25) is 14.5 Å². The standard InChI is InChI=1S/C16H19FN4O2/c17-14-8-13(9-18-10-14)16(23)20-4-1-2-12(11-20)15-3-5-21(19-15)6-7-22/h3,5,8-10,12,22H,1-2,4,6-7,11H2/t12-/m1/s1. The summed E-state index contributed by atoms with van der Waals surface area (Å²) in [7, 11) is 0. The van der Waals surface area contributed by atoms with Crippen molar-refractivity contribution in [3.05, 3.63) is 47.8 Å². The summed E-state index contributed by atoms with van der Waals surface area (Å²) in [6.45, 7) is 1.72. The topological polar surface area (TPSA) is 71.2 Å². The highest BCUT2D eigenvalue weighted by molar-refractivity contribution is 5.94. The van der Waals surface area contributed by atoms with Gasteiger partial charge in [-0.15, -0.1) is 0 Å². The molecule has 2 aromatic rings. The number of amides is 1. The lowest BCUT2D eigenvalue weighted by Gasteiger charge is -2.32. The monoisotopic (exact) mass is 318 g/mol. The second-order valence-electron chi connectivity index (χ2n) is 5.71. The Kier molecular flexibility index (Phi) is 4.66. The number of hydrogen-bond acceptors (Lipinski definition) is 4. The molecule has 122 valence electrons. The molecule has 0 saturated carbocycles. The highest BCUT2D eigenvalue weighted by atomic mass is 19.1. The number of piperidine rings is 1. The van der Waals surface area contributed by atoms with E-state index in [4.69, 9.17) is 5.11 Å². The van der Waals surface area contributed by atoms with E-state index in [1.54, 1.807) is 9.58 Å². The van der Waals surface area contributed by atoms with Gasteiger partial charge >= 0.3 is 0 Å². The molecule has 1 saturated heterocycles. The van der Waals surface area contributed by atoms with Gasteiger partial charge in [-0.25, -0.2) is 4.39 Å². The van der Waals surface area contributed by atoms with Crippen molar-refractivity contribution in [2.45, 2.75) is 25.3 Å². The van der Waals surface area contributed by atoms with Crippen LogP contribution in [0.3, 0.4) is 0 Å². The van der Waals surface area contributed by atoms with Crippen molar-refractivity contribution < 1.29 is 14.3 Å². The molecule has 0 unspecified atom stereocenters. The number of carbonyl (C=O) groups is 1. The second kappa shape index (κ2) is 6.87. The van der Waals surface area contributed by atoms with Crippen molar-refractivity contribution >= 4 is 5.91 Å². The molecule has 2 aromatic heterocycles. The molecule has 0 spiro atoms. The first-order valence-electron chi connectivity index (χ1n) is 7.71. The third-order valence-electron chi connectivity index (χ3n) is 4.07. The third-order valence-corrected chi connectivity index (χ3v) is 4.07. The Hall–Kier alpha value is -2.28. The molecule has 3 rings (SSSR count). The quantitative estimate of drug-likeness (QED) is 0.926. The molecule has 6 nitrogen and oxygen atoms in total. The summed E-state index contributed by atoms with van der Waals surface area (Å²) in [4.78, 5) is 18.0. The van der Waals surface area contributed by atoms with Gasteiger partial charge in [0.25, 0.3) is 5.91 Å². The number of pyridine rings is 1. The van der Waals surface area contributed by atoms with Crippen LogP contribution < -0.4 is 0 Å². The average Bonchev–Trinajstić information content (AvgIpc) is 3.03. The van der Waals surface area contributed by atoms with Crippen molar-refractivity contribution in [3.8, 4) is 0 Å². The number of halogens is 1. The summed E-state index contributed by atoms with van der Waals surface area (Å²) in [5.74, 6) is -0.544. The largest absolute Gasteiger partial charge is 0.394 e. The van der Waals surface area contributed by atoms with Gasteiger partial charge in [0, 0.05) is 31.4 Å². The molecular weight excluding hydrogens is 299 g/mol. The fourth-order valence-electron chi connectivity index (χ4n) is 2.94. The first-order valence-corrected chi connectivity index (χ1v) is 7.71. The summed E-state index contributed by atoms with van der Waals surface area (Å²) in [5, 5.41) is 13.4. The molecule has 7 heteroatoms. The van der Waals surface area contributed by atoms with E-state index in [0.29, 0.717) is 19.6 Å². The minimum Gasteiger partial charge on any atom is -0.394 e. The zero-order valence-electron chi connectivity index (χ0n) is 12.7. The van der Waals surface area contributed by atoms with Crippen LogP contribution in [0.1, 0.15) is 34.8 Å². The van der Waals surface area contributed by atoms with Gasteiger partial charge < -0.3 is 10.0 Å². The molecule has 1 N–H and O–H groups in total. The number of aliphatic hydroxyl groups is 1. The summed E-state index contributed by atoms with van der Waals surface area (Å²) in [6, 6.07) is 3.15. The molecule has 0 aliphatic carbocycles. The fourth-order valence-corrected chi connectivity index (χ4v) is 2.94. The maximum Gasteiger partial charge on any atom is 0.255 e. The van der Waals surface area contributed by atoms with Gasteiger partial charge in [-0.2, -0.15) is 5.10 Å². The lowest BCUT2D eigenvalue weighted by atomic mass is 9.94. The van der Waals surface area contributed by atoms with E-state index in [0.717, 1.165) is 24.7 Å². The lowest BCUT2D eigenvalue weighted by Crippen LogP contribution is -2.39. The van der Waals surface area contributed by atoms with Gasteiger partial charge in [0.05, 0.1) is 30.6 Å². The van der Waals surface area contributed by atoms with Crippen LogP contribution in [0.25, 0.3) is 0 Å². The number of hydrogen-bond donors (Lipinski definition) is 1. The number of likely N-dealkylation sites (tertiary alicyclic amines) is 1. The molecule has 1 aliphatic heterocycles. The summed E-state index contributed by atoms with van der Waals surface area (Å²) in [5.41, 5.74) is 1.20. The number of aromatic nitrogens is 3. The van der Waals surface area contributed by atoms with Crippen LogP contribution in [0, 0.1) is 5.82 Å². The minimum atomic E-state index is -0.507. The first kappa shape index (κ1) is 15.6. The van der Waals surface area contributed by atoms with Crippen molar-refractivity contribution in [1.29, 1.82) is 0 Å². The van der Waals surface area contributed by atoms with Crippen molar-refractivity contribution in [2.75, 3.05) is 19.7 Å². The SMILES string of the molecule is O=C(c1cncc(F)c1)N1CCC[C@@H](c2ccn(CCO)n2)C1. The number of carbonyl (C=O) groups excluding carboxylic acids is 1. The molecule has 1 atom stereocenters. The number of aliphatic hydroxyl groups excluding tert-OH is 1. The average molecular weight is 318 g/mol. The Bertz CT molecular complexity index is 688. The van der Waals surface area contributed by atoms with Gasteiger partial charge in [0.1, 0.15) is 5.82 Å². The highest BCUT2D eigenvalue weighted by Gasteiger charge is 2.27. The second-order valence-corrected chi connectivity index (χ2v) is 5.71. The van der Waals surface area contributed by atoms with E-state index < -0.39 is 5.82 Å². The van der Waals surface area contributed by atoms with Crippen LogP contribution in [-0.4, -0.2) is 50.4 Å². The van der Waals surface area contributed by atoms with Crippen LogP contribution >= 0.6 is 0 Å². The molecule has 1 fully saturated rings. The minimum absolute atomic E-state index is 0.0446. The molecule has 0 radical (unpaired) electrons. The van der Waals surface area contributed by atoms with Gasteiger partial charge in [-0.1, -0.05) is 0 Å². The smallest absolute Gasteiger partial charge is 0.255 e. The van der Waals surface area contributed by atoms with E-state index in [1.807, 2.05) is 12.3 Å². The fraction of sp³-hybridized carbons (Fsp3) is 0.438. The van der Waals surface area contributed by atoms with Crippen LogP contribution in [0.2, 0.25) is 0 Å². The molecule has 23 heavy (non-hydrogen) atoms.